The number of fused-ring (bicyclic) bond motifs is 5. The maximum atomic E-state index is 10.2. The third-order valence-corrected chi connectivity index (χ3v) is 13.8. The Labute approximate surface area is 267 Å². The quantitative estimate of drug-likeness (QED) is 0.160. The number of hydrogen-bond acceptors (Lipinski definition) is 7. The molecular formula is C37H64O7. The molecule has 0 unspecified atom stereocenters. The molecule has 0 spiro atoms. The standard InChI is InChI=1S/C37H64O7/c1-7-24(22(2)3)9-8-23(4)28-12-13-29-27-11-10-25-20-26(14-16-36(25,5)30(27)15-17-37(28,29)6)42-18-19-43-35-34(41)33(40)32(39)31(21-38)44-35/h10,22-24,26-35,38-41H,7-9,11-21H2,1-6H3/t23-,24-,26+,27+,28-,29+,30+,31-,32-,33+,34-,35-,36+,37-/m1/s1. The van der Waals surface area contributed by atoms with Crippen LogP contribution in [0, 0.1) is 52.3 Å². The van der Waals surface area contributed by atoms with Crippen molar-refractivity contribution in [3.63, 3.8) is 0 Å². The Morgan fingerprint density at radius 1 is 0.909 bits per heavy atom. The van der Waals surface area contributed by atoms with E-state index in [0.717, 1.165) is 54.3 Å². The molecule has 7 heteroatoms. The molecular weight excluding hydrogens is 556 g/mol. The van der Waals surface area contributed by atoms with Gasteiger partial charge in [-0.15, -0.1) is 0 Å². The van der Waals surface area contributed by atoms with Crippen LogP contribution >= 0.6 is 0 Å². The Bertz CT molecular complexity index is 967. The number of rotatable bonds is 12. The molecule has 0 bridgehead atoms. The first-order valence-electron chi connectivity index (χ1n) is 18.2. The molecule has 7 nitrogen and oxygen atoms in total. The summed E-state index contributed by atoms with van der Waals surface area (Å²) in [6, 6.07) is 0. The minimum atomic E-state index is -1.43. The maximum Gasteiger partial charge on any atom is 0.186 e. The topological polar surface area (TPSA) is 109 Å². The first-order chi connectivity index (χ1) is 20.9. The molecule has 5 aliphatic rings. The van der Waals surface area contributed by atoms with Gasteiger partial charge in [-0.05, 0) is 110 Å². The Hall–Kier alpha value is -0.540. The van der Waals surface area contributed by atoms with Gasteiger partial charge in [0, 0.05) is 0 Å². The lowest BCUT2D eigenvalue weighted by atomic mass is 9.47. The fourth-order valence-electron chi connectivity index (χ4n) is 11.0. The van der Waals surface area contributed by atoms with Gasteiger partial charge >= 0.3 is 0 Å². The fourth-order valence-corrected chi connectivity index (χ4v) is 11.0. The Kier molecular flexibility index (Phi) is 11.3. The molecule has 4 N–H and O–H groups in total. The summed E-state index contributed by atoms with van der Waals surface area (Å²) in [5.74, 6) is 5.85. The van der Waals surface area contributed by atoms with Crippen molar-refractivity contribution in [2.24, 2.45) is 52.3 Å². The van der Waals surface area contributed by atoms with Crippen LogP contribution in [0.15, 0.2) is 11.6 Å². The zero-order chi connectivity index (χ0) is 31.8. The minimum absolute atomic E-state index is 0.160. The van der Waals surface area contributed by atoms with E-state index in [4.69, 9.17) is 14.2 Å². The van der Waals surface area contributed by atoms with E-state index in [1.165, 1.54) is 57.8 Å². The van der Waals surface area contributed by atoms with E-state index in [-0.39, 0.29) is 18.1 Å². The predicted octanol–water partition coefficient (Wildman–Crippen LogP) is 5.87. The average Bonchev–Trinajstić information content (AvgIpc) is 3.36. The number of aliphatic hydroxyl groups excluding tert-OH is 4. The molecule has 254 valence electrons. The molecule has 0 amide bonds. The third-order valence-electron chi connectivity index (χ3n) is 13.8. The Morgan fingerprint density at radius 3 is 2.36 bits per heavy atom. The van der Waals surface area contributed by atoms with Crippen LogP contribution in [0.4, 0.5) is 0 Å². The van der Waals surface area contributed by atoms with Crippen LogP contribution in [-0.2, 0) is 14.2 Å². The van der Waals surface area contributed by atoms with Gasteiger partial charge in [0.15, 0.2) is 6.29 Å². The van der Waals surface area contributed by atoms with Gasteiger partial charge in [0.05, 0.1) is 25.9 Å². The Morgan fingerprint density at radius 2 is 1.66 bits per heavy atom. The van der Waals surface area contributed by atoms with Gasteiger partial charge in [-0.2, -0.15) is 0 Å². The van der Waals surface area contributed by atoms with Crippen molar-refractivity contribution >= 4 is 0 Å². The van der Waals surface area contributed by atoms with Crippen molar-refractivity contribution in [1.82, 2.24) is 0 Å². The van der Waals surface area contributed by atoms with Gasteiger partial charge in [0.25, 0.3) is 0 Å². The largest absolute Gasteiger partial charge is 0.394 e. The molecule has 1 saturated heterocycles. The molecule has 4 aliphatic carbocycles. The van der Waals surface area contributed by atoms with Crippen LogP contribution in [0.3, 0.4) is 0 Å². The number of aliphatic hydroxyl groups is 4. The summed E-state index contributed by atoms with van der Waals surface area (Å²) >= 11 is 0. The molecule has 44 heavy (non-hydrogen) atoms. The zero-order valence-corrected chi connectivity index (χ0v) is 28.5. The zero-order valence-electron chi connectivity index (χ0n) is 28.5. The van der Waals surface area contributed by atoms with Crippen molar-refractivity contribution in [3.05, 3.63) is 11.6 Å². The van der Waals surface area contributed by atoms with Gasteiger partial charge in [0.1, 0.15) is 24.4 Å². The second-order valence-electron chi connectivity index (χ2n) is 16.3. The first-order valence-corrected chi connectivity index (χ1v) is 18.2. The highest BCUT2D eigenvalue weighted by Gasteiger charge is 2.59. The van der Waals surface area contributed by atoms with Crippen molar-refractivity contribution in [1.29, 1.82) is 0 Å². The van der Waals surface area contributed by atoms with Crippen LogP contribution in [-0.4, -0.2) is 77.1 Å². The molecule has 4 fully saturated rings. The normalized spacial score (nSPS) is 45.3. The smallest absolute Gasteiger partial charge is 0.186 e. The fraction of sp³-hybridized carbons (Fsp3) is 0.946. The summed E-state index contributed by atoms with van der Waals surface area (Å²) in [7, 11) is 0. The molecule has 3 saturated carbocycles. The van der Waals surface area contributed by atoms with E-state index < -0.39 is 37.3 Å². The van der Waals surface area contributed by atoms with E-state index in [0.29, 0.717) is 12.0 Å². The SMILES string of the molecule is CC[C@H](CC[C@@H](C)[C@H]1CC[C@H]2[C@@H]3CC=C4C[C@@H](OCCO[C@@H]5O[C@H](CO)[C@@H](O)[C@H](O)[C@H]5O)CC[C@]4(C)[C@H]3CC[C@]12C)C(C)C. The van der Waals surface area contributed by atoms with Gasteiger partial charge in [0.2, 0.25) is 0 Å². The highest BCUT2D eigenvalue weighted by Crippen LogP contribution is 2.67. The molecule has 0 radical (unpaired) electrons. The van der Waals surface area contributed by atoms with Gasteiger partial charge < -0.3 is 34.6 Å². The van der Waals surface area contributed by atoms with Gasteiger partial charge in [-0.25, -0.2) is 0 Å². The summed E-state index contributed by atoms with van der Waals surface area (Å²) in [6.45, 7) is 15.1. The van der Waals surface area contributed by atoms with Gasteiger partial charge in [-0.1, -0.05) is 66.0 Å². The molecule has 0 aromatic heterocycles. The van der Waals surface area contributed by atoms with E-state index in [9.17, 15) is 20.4 Å². The third kappa shape index (κ3) is 6.59. The van der Waals surface area contributed by atoms with Crippen molar-refractivity contribution in [2.45, 2.75) is 149 Å². The summed E-state index contributed by atoms with van der Waals surface area (Å²) in [5, 5.41) is 39.6. The Balaban J connectivity index is 1.13. The lowest BCUT2D eigenvalue weighted by molar-refractivity contribution is -0.302. The van der Waals surface area contributed by atoms with Crippen LogP contribution in [0.2, 0.25) is 0 Å². The second kappa shape index (κ2) is 14.3. The van der Waals surface area contributed by atoms with E-state index in [2.05, 4.69) is 47.6 Å². The lowest BCUT2D eigenvalue weighted by Crippen LogP contribution is -2.59. The summed E-state index contributed by atoms with van der Waals surface area (Å²) in [4.78, 5) is 0. The second-order valence-corrected chi connectivity index (χ2v) is 16.3. The molecule has 5 rings (SSSR count). The number of ether oxygens (including phenoxy) is 3. The number of hydrogen-bond donors (Lipinski definition) is 4. The van der Waals surface area contributed by atoms with E-state index >= 15 is 0 Å². The van der Waals surface area contributed by atoms with Crippen LogP contribution < -0.4 is 0 Å². The average molecular weight is 621 g/mol. The highest BCUT2D eigenvalue weighted by atomic mass is 16.7. The highest BCUT2D eigenvalue weighted by molar-refractivity contribution is 5.25. The predicted molar refractivity (Wildman–Crippen MR) is 172 cm³/mol. The van der Waals surface area contributed by atoms with Crippen molar-refractivity contribution in [2.75, 3.05) is 19.8 Å². The maximum absolute atomic E-state index is 10.2. The van der Waals surface area contributed by atoms with Crippen molar-refractivity contribution < 1.29 is 34.6 Å². The van der Waals surface area contributed by atoms with Crippen LogP contribution in [0.1, 0.15) is 112 Å². The summed E-state index contributed by atoms with van der Waals surface area (Å²) in [6.07, 6.45) is 10.7. The van der Waals surface area contributed by atoms with Crippen LogP contribution in [0.5, 0.6) is 0 Å². The summed E-state index contributed by atoms with van der Waals surface area (Å²) in [5.41, 5.74) is 2.39. The molecule has 1 heterocycles. The van der Waals surface area contributed by atoms with Crippen molar-refractivity contribution in [3.8, 4) is 0 Å². The first kappa shape index (κ1) is 34.8. The monoisotopic (exact) mass is 620 g/mol. The van der Waals surface area contributed by atoms with Gasteiger partial charge in [-0.3, -0.25) is 0 Å². The molecule has 14 atom stereocenters. The summed E-state index contributed by atoms with van der Waals surface area (Å²) < 4.78 is 17.4. The molecule has 0 aromatic carbocycles. The molecule has 1 aliphatic heterocycles. The van der Waals surface area contributed by atoms with Crippen LogP contribution in [0.25, 0.3) is 0 Å². The lowest BCUT2D eigenvalue weighted by Gasteiger charge is -2.58. The molecule has 0 aromatic rings. The number of allylic oxidation sites excluding steroid dienone is 1. The van der Waals surface area contributed by atoms with E-state index in [1.54, 1.807) is 5.57 Å². The van der Waals surface area contributed by atoms with E-state index in [1.807, 2.05) is 0 Å². The minimum Gasteiger partial charge on any atom is -0.394 e.